The molecule has 1 aromatic carbocycles. The Balaban J connectivity index is 2.12. The summed E-state index contributed by atoms with van der Waals surface area (Å²) in [4.78, 5) is 13.5. The largest absolute Gasteiger partial charge is 0.496 e. The van der Waals surface area contributed by atoms with E-state index >= 15 is 0 Å². The molecule has 2 rings (SSSR count). The summed E-state index contributed by atoms with van der Waals surface area (Å²) in [5, 5.41) is 0. The highest BCUT2D eigenvalue weighted by molar-refractivity contribution is 5.78. The zero-order chi connectivity index (χ0) is 13.1. The molecule has 0 radical (unpaired) electrons. The van der Waals surface area contributed by atoms with Crippen molar-refractivity contribution in [3.8, 4) is 5.75 Å². The van der Waals surface area contributed by atoms with Gasteiger partial charge in [-0.1, -0.05) is 6.07 Å². The predicted molar refractivity (Wildman–Crippen MR) is 65.5 cm³/mol. The first-order valence-electron chi connectivity index (χ1n) is 5.94. The highest BCUT2D eigenvalue weighted by Crippen LogP contribution is 2.25. The van der Waals surface area contributed by atoms with Crippen LogP contribution in [0.15, 0.2) is 18.2 Å². The van der Waals surface area contributed by atoms with E-state index < -0.39 is 0 Å². The SMILES string of the molecule is COc1cc(F)ccc1CN1CC(CN)CC1=O. The summed E-state index contributed by atoms with van der Waals surface area (Å²) in [7, 11) is 1.49. The number of benzene rings is 1. The number of ether oxygens (including phenoxy) is 1. The third-order valence-corrected chi connectivity index (χ3v) is 3.24. The Hall–Kier alpha value is -1.62. The standard InChI is InChI=1S/C13H17FN2O2/c1-18-12-5-11(14)3-2-10(12)8-16-7-9(6-15)4-13(16)17/h2-3,5,9H,4,6-8,15H2,1H3. The number of hydrogen-bond donors (Lipinski definition) is 1. The molecule has 1 aliphatic rings. The highest BCUT2D eigenvalue weighted by Gasteiger charge is 2.28. The number of likely N-dealkylation sites (tertiary alicyclic amines) is 1. The molecule has 1 unspecified atom stereocenters. The van der Waals surface area contributed by atoms with E-state index in [4.69, 9.17) is 10.5 Å². The number of methoxy groups -OCH3 is 1. The Morgan fingerprint density at radius 3 is 2.94 bits per heavy atom. The molecule has 4 nitrogen and oxygen atoms in total. The van der Waals surface area contributed by atoms with Crippen molar-refractivity contribution in [1.29, 1.82) is 0 Å². The van der Waals surface area contributed by atoms with E-state index in [1.165, 1.54) is 19.2 Å². The molecule has 0 bridgehead atoms. The Labute approximate surface area is 106 Å². The second-order valence-electron chi connectivity index (χ2n) is 4.54. The molecule has 1 heterocycles. The van der Waals surface area contributed by atoms with Gasteiger partial charge >= 0.3 is 0 Å². The summed E-state index contributed by atoms with van der Waals surface area (Å²) < 4.78 is 18.2. The number of carbonyl (C=O) groups is 1. The van der Waals surface area contributed by atoms with Crippen molar-refractivity contribution in [1.82, 2.24) is 4.90 Å². The van der Waals surface area contributed by atoms with Crippen molar-refractivity contribution in [2.75, 3.05) is 20.2 Å². The second kappa shape index (κ2) is 5.35. The summed E-state index contributed by atoms with van der Waals surface area (Å²) in [5.41, 5.74) is 6.38. The molecule has 2 N–H and O–H groups in total. The molecule has 1 saturated heterocycles. The van der Waals surface area contributed by atoms with Gasteiger partial charge in [0.05, 0.1) is 7.11 Å². The van der Waals surface area contributed by atoms with Gasteiger partial charge in [0.15, 0.2) is 0 Å². The van der Waals surface area contributed by atoms with Crippen LogP contribution < -0.4 is 10.5 Å². The third-order valence-electron chi connectivity index (χ3n) is 3.24. The Morgan fingerprint density at radius 1 is 1.56 bits per heavy atom. The first kappa shape index (κ1) is 12.8. The smallest absolute Gasteiger partial charge is 0.223 e. The molecule has 0 aliphatic carbocycles. The van der Waals surface area contributed by atoms with Gasteiger partial charge in [0.2, 0.25) is 5.91 Å². The number of hydrogen-bond acceptors (Lipinski definition) is 3. The molecule has 18 heavy (non-hydrogen) atoms. The van der Waals surface area contributed by atoms with Gasteiger partial charge in [0.25, 0.3) is 0 Å². The van der Waals surface area contributed by atoms with Gasteiger partial charge < -0.3 is 15.4 Å². The topological polar surface area (TPSA) is 55.6 Å². The van der Waals surface area contributed by atoms with Crippen LogP contribution in [0.3, 0.4) is 0 Å². The number of nitrogens with zero attached hydrogens (tertiary/aromatic N) is 1. The minimum absolute atomic E-state index is 0.0943. The monoisotopic (exact) mass is 252 g/mol. The molecule has 0 aromatic heterocycles. The maximum absolute atomic E-state index is 13.1. The summed E-state index contributed by atoms with van der Waals surface area (Å²) in [5.74, 6) is 0.447. The van der Waals surface area contributed by atoms with Crippen LogP contribution in [0.2, 0.25) is 0 Å². The molecular formula is C13H17FN2O2. The Bertz CT molecular complexity index is 451. The van der Waals surface area contributed by atoms with E-state index in [-0.39, 0.29) is 17.6 Å². The average molecular weight is 252 g/mol. The van der Waals surface area contributed by atoms with Crippen molar-refractivity contribution in [2.24, 2.45) is 11.7 Å². The molecule has 1 aromatic rings. The zero-order valence-electron chi connectivity index (χ0n) is 10.4. The van der Waals surface area contributed by atoms with Crippen molar-refractivity contribution in [3.05, 3.63) is 29.6 Å². The maximum atomic E-state index is 13.1. The van der Waals surface area contributed by atoms with Crippen LogP contribution in [0.25, 0.3) is 0 Å². The summed E-state index contributed by atoms with van der Waals surface area (Å²) in [6, 6.07) is 4.35. The van der Waals surface area contributed by atoms with Crippen molar-refractivity contribution < 1.29 is 13.9 Å². The maximum Gasteiger partial charge on any atom is 0.223 e. The average Bonchev–Trinajstić information content (AvgIpc) is 2.72. The highest BCUT2D eigenvalue weighted by atomic mass is 19.1. The molecule has 1 atom stereocenters. The lowest BCUT2D eigenvalue weighted by molar-refractivity contribution is -0.128. The second-order valence-corrected chi connectivity index (χ2v) is 4.54. The Morgan fingerprint density at radius 2 is 2.33 bits per heavy atom. The van der Waals surface area contributed by atoms with Crippen molar-refractivity contribution in [3.63, 3.8) is 0 Å². The minimum atomic E-state index is -0.344. The van der Waals surface area contributed by atoms with Gasteiger partial charge in [0, 0.05) is 31.1 Å². The lowest BCUT2D eigenvalue weighted by atomic mass is 10.1. The normalized spacial score (nSPS) is 19.4. The van der Waals surface area contributed by atoms with Gasteiger partial charge in [-0.05, 0) is 18.5 Å². The zero-order valence-corrected chi connectivity index (χ0v) is 10.4. The van der Waals surface area contributed by atoms with Gasteiger partial charge in [-0.25, -0.2) is 4.39 Å². The number of amides is 1. The van der Waals surface area contributed by atoms with Crippen LogP contribution in [0.5, 0.6) is 5.75 Å². The molecule has 1 fully saturated rings. The lowest BCUT2D eigenvalue weighted by Crippen LogP contribution is -2.26. The minimum Gasteiger partial charge on any atom is -0.496 e. The van der Waals surface area contributed by atoms with Crippen LogP contribution in [0.4, 0.5) is 4.39 Å². The number of carbonyl (C=O) groups excluding carboxylic acids is 1. The Kier molecular flexibility index (Phi) is 3.81. The van der Waals surface area contributed by atoms with E-state index in [0.717, 1.165) is 5.56 Å². The van der Waals surface area contributed by atoms with Gasteiger partial charge in [-0.3, -0.25) is 4.79 Å². The van der Waals surface area contributed by atoms with E-state index in [2.05, 4.69) is 0 Å². The molecule has 0 spiro atoms. The molecule has 5 heteroatoms. The van der Waals surface area contributed by atoms with E-state index in [1.54, 1.807) is 11.0 Å². The first-order valence-corrected chi connectivity index (χ1v) is 5.94. The van der Waals surface area contributed by atoms with Gasteiger partial charge in [0.1, 0.15) is 11.6 Å². The molecular weight excluding hydrogens is 235 g/mol. The van der Waals surface area contributed by atoms with Gasteiger partial charge in [-0.2, -0.15) is 0 Å². The first-order chi connectivity index (χ1) is 8.63. The predicted octanol–water partition coefficient (Wildman–Crippen LogP) is 1.14. The fourth-order valence-corrected chi connectivity index (χ4v) is 2.22. The fraction of sp³-hybridized carbons (Fsp3) is 0.462. The van der Waals surface area contributed by atoms with Crippen LogP contribution >= 0.6 is 0 Å². The quantitative estimate of drug-likeness (QED) is 0.874. The van der Waals surface area contributed by atoms with E-state index in [9.17, 15) is 9.18 Å². The van der Waals surface area contributed by atoms with Gasteiger partial charge in [-0.15, -0.1) is 0 Å². The van der Waals surface area contributed by atoms with Crippen LogP contribution in [-0.4, -0.2) is 31.0 Å². The van der Waals surface area contributed by atoms with Crippen molar-refractivity contribution >= 4 is 5.91 Å². The fourth-order valence-electron chi connectivity index (χ4n) is 2.22. The van der Waals surface area contributed by atoms with Crippen LogP contribution in [0, 0.1) is 11.7 Å². The van der Waals surface area contributed by atoms with Crippen molar-refractivity contribution in [2.45, 2.75) is 13.0 Å². The summed E-state index contributed by atoms with van der Waals surface area (Å²) >= 11 is 0. The van der Waals surface area contributed by atoms with Crippen LogP contribution in [-0.2, 0) is 11.3 Å². The summed E-state index contributed by atoms with van der Waals surface area (Å²) in [6.07, 6.45) is 0.500. The van der Waals surface area contributed by atoms with E-state index in [1.807, 2.05) is 0 Å². The summed E-state index contributed by atoms with van der Waals surface area (Å²) in [6.45, 7) is 1.62. The number of halogens is 1. The number of rotatable bonds is 4. The number of nitrogens with two attached hydrogens (primary N) is 1. The molecule has 1 amide bonds. The van der Waals surface area contributed by atoms with Crippen LogP contribution in [0.1, 0.15) is 12.0 Å². The molecule has 98 valence electrons. The molecule has 0 saturated carbocycles. The molecule has 1 aliphatic heterocycles. The van der Waals surface area contributed by atoms with E-state index in [0.29, 0.717) is 31.8 Å². The lowest BCUT2D eigenvalue weighted by Gasteiger charge is -2.18. The third kappa shape index (κ3) is 2.61.